The van der Waals surface area contributed by atoms with Crippen LogP contribution in [0.2, 0.25) is 0 Å². The Kier molecular flexibility index (Phi) is 8.84. The van der Waals surface area contributed by atoms with E-state index in [1.54, 1.807) is 0 Å². The molecule has 86 valence electrons. The number of unbranched alkanes of at least 4 members (excludes halogenated alkanes) is 1. The molecule has 0 aromatic carbocycles. The van der Waals surface area contributed by atoms with Crippen LogP contribution < -0.4 is 5.73 Å². The average Bonchev–Trinajstić information content (AvgIpc) is 2.23. The van der Waals surface area contributed by atoms with Crippen molar-refractivity contribution in [3.8, 4) is 12.3 Å². The van der Waals surface area contributed by atoms with Crippen LogP contribution in [-0.4, -0.2) is 31.8 Å². The van der Waals surface area contributed by atoms with Crippen LogP contribution in [0.1, 0.15) is 26.2 Å². The van der Waals surface area contributed by atoms with Gasteiger partial charge in [-0.1, -0.05) is 13.3 Å². The van der Waals surface area contributed by atoms with Gasteiger partial charge in [0, 0.05) is 13.0 Å². The summed E-state index contributed by atoms with van der Waals surface area (Å²) in [6.07, 6.45) is 7.33. The number of carbonyl (C=O) groups excluding carboxylic acids is 1. The highest BCUT2D eigenvalue weighted by Crippen LogP contribution is 1.92. The lowest BCUT2D eigenvalue weighted by molar-refractivity contribution is -0.146. The minimum atomic E-state index is -0.717. The second-order valence-electron chi connectivity index (χ2n) is 3.15. The molecule has 0 fully saturated rings. The SMILES string of the molecule is C#CCC(N)C(=O)OCCOCCCC. The van der Waals surface area contributed by atoms with Crippen LogP contribution in [0.5, 0.6) is 0 Å². The molecule has 4 heteroatoms. The zero-order valence-electron chi connectivity index (χ0n) is 9.20. The van der Waals surface area contributed by atoms with Crippen LogP contribution >= 0.6 is 0 Å². The third-order valence-corrected chi connectivity index (χ3v) is 1.75. The van der Waals surface area contributed by atoms with Crippen LogP contribution in [-0.2, 0) is 14.3 Å². The second kappa shape index (κ2) is 9.50. The van der Waals surface area contributed by atoms with Gasteiger partial charge in [0.1, 0.15) is 12.6 Å². The van der Waals surface area contributed by atoms with Crippen molar-refractivity contribution in [3.05, 3.63) is 0 Å². The smallest absolute Gasteiger partial charge is 0.323 e. The van der Waals surface area contributed by atoms with Gasteiger partial charge in [0.15, 0.2) is 0 Å². The maximum absolute atomic E-state index is 11.1. The molecule has 0 radical (unpaired) electrons. The molecule has 0 aromatic heterocycles. The van der Waals surface area contributed by atoms with Crippen LogP contribution in [0.3, 0.4) is 0 Å². The van der Waals surface area contributed by atoms with Gasteiger partial charge < -0.3 is 15.2 Å². The lowest BCUT2D eigenvalue weighted by atomic mass is 10.2. The molecule has 0 aromatic rings. The Morgan fingerprint density at radius 3 is 2.80 bits per heavy atom. The molecule has 0 amide bonds. The molecule has 15 heavy (non-hydrogen) atoms. The molecule has 0 aliphatic heterocycles. The predicted molar refractivity (Wildman–Crippen MR) is 58.1 cm³/mol. The summed E-state index contributed by atoms with van der Waals surface area (Å²) in [6, 6.07) is -0.717. The van der Waals surface area contributed by atoms with Crippen molar-refractivity contribution < 1.29 is 14.3 Å². The number of terminal acetylenes is 1. The molecule has 0 heterocycles. The predicted octanol–water partition coefficient (Wildman–Crippen LogP) is 0.697. The van der Waals surface area contributed by atoms with Crippen molar-refractivity contribution in [2.45, 2.75) is 32.2 Å². The molecule has 0 saturated heterocycles. The minimum Gasteiger partial charge on any atom is -0.462 e. The number of ether oxygens (including phenoxy) is 2. The van der Waals surface area contributed by atoms with Crippen LogP contribution in [0.15, 0.2) is 0 Å². The summed E-state index contributed by atoms with van der Waals surface area (Å²) in [5, 5.41) is 0. The Hall–Kier alpha value is -1.05. The molecule has 0 saturated carbocycles. The van der Waals surface area contributed by atoms with Crippen molar-refractivity contribution in [1.82, 2.24) is 0 Å². The molecule has 0 aliphatic carbocycles. The van der Waals surface area contributed by atoms with Crippen molar-refractivity contribution in [1.29, 1.82) is 0 Å². The third kappa shape index (κ3) is 7.98. The van der Waals surface area contributed by atoms with Crippen LogP contribution in [0.4, 0.5) is 0 Å². The first-order chi connectivity index (χ1) is 7.22. The molecule has 0 spiro atoms. The van der Waals surface area contributed by atoms with E-state index in [2.05, 4.69) is 12.8 Å². The highest BCUT2D eigenvalue weighted by molar-refractivity contribution is 5.75. The van der Waals surface area contributed by atoms with E-state index in [1.807, 2.05) is 0 Å². The summed E-state index contributed by atoms with van der Waals surface area (Å²) in [6.45, 7) is 3.43. The molecular formula is C11H19NO3. The molecule has 2 N–H and O–H groups in total. The lowest BCUT2D eigenvalue weighted by Gasteiger charge is -2.08. The second-order valence-corrected chi connectivity index (χ2v) is 3.15. The fourth-order valence-corrected chi connectivity index (χ4v) is 0.867. The summed E-state index contributed by atoms with van der Waals surface area (Å²) in [5.74, 6) is 1.84. The highest BCUT2D eigenvalue weighted by atomic mass is 16.6. The fraction of sp³-hybridized carbons (Fsp3) is 0.727. The number of rotatable bonds is 8. The van der Waals surface area contributed by atoms with E-state index in [4.69, 9.17) is 21.6 Å². The number of hydrogen-bond donors (Lipinski definition) is 1. The number of hydrogen-bond acceptors (Lipinski definition) is 4. The van der Waals surface area contributed by atoms with Gasteiger partial charge in [-0.2, -0.15) is 0 Å². The van der Waals surface area contributed by atoms with Gasteiger partial charge in [-0.25, -0.2) is 0 Å². The van der Waals surface area contributed by atoms with E-state index in [0.717, 1.165) is 12.8 Å². The van der Waals surface area contributed by atoms with Crippen molar-refractivity contribution in [2.75, 3.05) is 19.8 Å². The maximum atomic E-state index is 11.1. The third-order valence-electron chi connectivity index (χ3n) is 1.75. The molecule has 0 rings (SSSR count). The van der Waals surface area contributed by atoms with Crippen molar-refractivity contribution in [3.63, 3.8) is 0 Å². The molecule has 0 bridgehead atoms. The maximum Gasteiger partial charge on any atom is 0.323 e. The normalized spacial score (nSPS) is 11.8. The number of carbonyl (C=O) groups is 1. The van der Waals surface area contributed by atoms with E-state index in [9.17, 15) is 4.79 Å². The Bertz CT molecular complexity index is 210. The first kappa shape index (κ1) is 13.9. The summed E-state index contributed by atoms with van der Waals surface area (Å²) >= 11 is 0. The zero-order valence-corrected chi connectivity index (χ0v) is 9.20. The Balaban J connectivity index is 3.35. The summed E-state index contributed by atoms with van der Waals surface area (Å²) < 4.78 is 10.1. The van der Waals surface area contributed by atoms with Gasteiger partial charge in [-0.3, -0.25) is 4.79 Å². The van der Waals surface area contributed by atoms with E-state index in [1.165, 1.54) is 0 Å². The minimum absolute atomic E-state index is 0.204. The first-order valence-corrected chi connectivity index (χ1v) is 5.15. The Morgan fingerprint density at radius 2 is 2.20 bits per heavy atom. The first-order valence-electron chi connectivity index (χ1n) is 5.15. The van der Waals surface area contributed by atoms with Crippen molar-refractivity contribution >= 4 is 5.97 Å². The summed E-state index contributed by atoms with van der Waals surface area (Å²) in [5.41, 5.74) is 5.43. The lowest BCUT2D eigenvalue weighted by Crippen LogP contribution is -2.32. The topological polar surface area (TPSA) is 61.6 Å². The highest BCUT2D eigenvalue weighted by Gasteiger charge is 2.12. The van der Waals surface area contributed by atoms with Gasteiger partial charge >= 0.3 is 5.97 Å². The molecule has 1 unspecified atom stereocenters. The monoisotopic (exact) mass is 213 g/mol. The molecule has 1 atom stereocenters. The molecule has 0 aliphatic rings. The van der Waals surface area contributed by atoms with E-state index in [0.29, 0.717) is 13.2 Å². The average molecular weight is 213 g/mol. The van der Waals surface area contributed by atoms with E-state index < -0.39 is 12.0 Å². The van der Waals surface area contributed by atoms with Gasteiger partial charge in [-0.05, 0) is 6.42 Å². The van der Waals surface area contributed by atoms with Gasteiger partial charge in [-0.15, -0.1) is 12.3 Å². The zero-order chi connectivity index (χ0) is 11.5. The molecule has 4 nitrogen and oxygen atoms in total. The van der Waals surface area contributed by atoms with Crippen molar-refractivity contribution in [2.24, 2.45) is 5.73 Å². The van der Waals surface area contributed by atoms with Gasteiger partial charge in [0.05, 0.1) is 6.61 Å². The van der Waals surface area contributed by atoms with E-state index in [-0.39, 0.29) is 13.0 Å². The largest absolute Gasteiger partial charge is 0.462 e. The Labute approximate surface area is 91.1 Å². The van der Waals surface area contributed by atoms with Crippen LogP contribution in [0.25, 0.3) is 0 Å². The standard InChI is InChI=1S/C11H19NO3/c1-3-5-7-14-8-9-15-11(13)10(12)6-4-2/h2,10H,3,5-9,12H2,1H3. The molecular weight excluding hydrogens is 194 g/mol. The number of nitrogens with two attached hydrogens (primary N) is 1. The summed E-state index contributed by atoms with van der Waals surface area (Å²) in [4.78, 5) is 11.1. The Morgan fingerprint density at radius 1 is 1.47 bits per heavy atom. The van der Waals surface area contributed by atoms with E-state index >= 15 is 0 Å². The van der Waals surface area contributed by atoms with Crippen LogP contribution in [0, 0.1) is 12.3 Å². The van der Waals surface area contributed by atoms with Gasteiger partial charge in [0.2, 0.25) is 0 Å². The van der Waals surface area contributed by atoms with Gasteiger partial charge in [0.25, 0.3) is 0 Å². The quantitative estimate of drug-likeness (QED) is 0.366. The number of esters is 1. The summed E-state index contributed by atoms with van der Waals surface area (Å²) in [7, 11) is 0. The fourth-order valence-electron chi connectivity index (χ4n) is 0.867.